The van der Waals surface area contributed by atoms with E-state index in [1.54, 1.807) is 24.3 Å². The Bertz CT molecular complexity index is 465. The van der Waals surface area contributed by atoms with Gasteiger partial charge in [-0.25, -0.2) is 4.79 Å². The van der Waals surface area contributed by atoms with Crippen molar-refractivity contribution in [3.05, 3.63) is 29.8 Å². The zero-order valence-corrected chi connectivity index (χ0v) is 11.7. The van der Waals surface area contributed by atoms with E-state index in [1.165, 1.54) is 20.0 Å². The lowest BCUT2D eigenvalue weighted by Crippen LogP contribution is -2.25. The summed E-state index contributed by atoms with van der Waals surface area (Å²) in [6.07, 6.45) is 2.96. The molecule has 0 atom stereocenters. The van der Waals surface area contributed by atoms with Crippen molar-refractivity contribution in [2.24, 2.45) is 0 Å². The largest absolute Gasteiger partial charge is 0.465 e. The molecule has 1 amide bonds. The first-order valence-corrected chi connectivity index (χ1v) is 6.89. The van der Waals surface area contributed by atoms with Crippen LogP contribution in [0.2, 0.25) is 0 Å². The summed E-state index contributed by atoms with van der Waals surface area (Å²) in [4.78, 5) is 25.4. The first-order chi connectivity index (χ1) is 9.69. The fourth-order valence-corrected chi connectivity index (χ4v) is 2.30. The van der Waals surface area contributed by atoms with Crippen molar-refractivity contribution in [1.29, 1.82) is 0 Å². The highest BCUT2D eigenvalue weighted by atomic mass is 16.5. The Balaban J connectivity index is 1.80. The molecule has 0 unspecified atom stereocenters. The van der Waals surface area contributed by atoms with Crippen molar-refractivity contribution in [3.8, 4) is 0 Å². The molecule has 0 saturated carbocycles. The molecule has 1 aromatic rings. The molecule has 5 nitrogen and oxygen atoms in total. The van der Waals surface area contributed by atoms with Gasteiger partial charge in [-0.1, -0.05) is 0 Å². The van der Waals surface area contributed by atoms with Crippen molar-refractivity contribution in [3.63, 3.8) is 0 Å². The number of amides is 1. The van der Waals surface area contributed by atoms with Gasteiger partial charge < -0.3 is 15.0 Å². The number of rotatable bonds is 5. The van der Waals surface area contributed by atoms with Gasteiger partial charge in [0.2, 0.25) is 5.91 Å². The predicted octanol–water partition coefficient (Wildman–Crippen LogP) is 1.90. The summed E-state index contributed by atoms with van der Waals surface area (Å²) in [7, 11) is 1.34. The molecule has 1 N–H and O–H groups in total. The minimum Gasteiger partial charge on any atom is -0.465 e. The lowest BCUT2D eigenvalue weighted by atomic mass is 10.2. The van der Waals surface area contributed by atoms with Crippen LogP contribution in [0.15, 0.2) is 24.3 Å². The van der Waals surface area contributed by atoms with Crippen LogP contribution in [0.5, 0.6) is 0 Å². The molecule has 108 valence electrons. The first kappa shape index (κ1) is 14.5. The second-order valence-corrected chi connectivity index (χ2v) is 4.92. The number of anilines is 1. The van der Waals surface area contributed by atoms with Crippen LogP contribution in [0.25, 0.3) is 0 Å². The average Bonchev–Trinajstić information content (AvgIpc) is 2.98. The number of benzene rings is 1. The number of carbonyl (C=O) groups excluding carboxylic acids is 2. The molecule has 0 radical (unpaired) electrons. The maximum absolute atomic E-state index is 11.8. The lowest BCUT2D eigenvalue weighted by molar-refractivity contribution is -0.116. The molecular formula is C15H20N2O3. The van der Waals surface area contributed by atoms with Gasteiger partial charge in [0.05, 0.1) is 12.7 Å². The van der Waals surface area contributed by atoms with E-state index in [0.717, 1.165) is 19.6 Å². The van der Waals surface area contributed by atoms with E-state index in [2.05, 4.69) is 15.0 Å². The van der Waals surface area contributed by atoms with Crippen molar-refractivity contribution >= 4 is 17.6 Å². The van der Waals surface area contributed by atoms with E-state index in [9.17, 15) is 9.59 Å². The molecule has 1 saturated heterocycles. The average molecular weight is 276 g/mol. The smallest absolute Gasteiger partial charge is 0.337 e. The number of hydrogen-bond donors (Lipinski definition) is 1. The summed E-state index contributed by atoms with van der Waals surface area (Å²) in [6.45, 7) is 3.01. The fourth-order valence-electron chi connectivity index (χ4n) is 2.30. The highest BCUT2D eigenvalue weighted by molar-refractivity contribution is 5.93. The van der Waals surface area contributed by atoms with Crippen molar-refractivity contribution < 1.29 is 14.3 Å². The molecule has 0 aromatic heterocycles. The zero-order valence-electron chi connectivity index (χ0n) is 11.7. The maximum Gasteiger partial charge on any atom is 0.337 e. The van der Waals surface area contributed by atoms with Crippen molar-refractivity contribution in [2.75, 3.05) is 32.1 Å². The van der Waals surface area contributed by atoms with Crippen LogP contribution in [0.4, 0.5) is 5.69 Å². The van der Waals surface area contributed by atoms with E-state index >= 15 is 0 Å². The van der Waals surface area contributed by atoms with E-state index in [0.29, 0.717) is 17.7 Å². The normalized spacial score (nSPS) is 15.1. The molecule has 0 bridgehead atoms. The Morgan fingerprint density at radius 3 is 2.45 bits per heavy atom. The molecule has 0 aliphatic carbocycles. The number of nitrogens with one attached hydrogen (secondary N) is 1. The first-order valence-electron chi connectivity index (χ1n) is 6.89. The Morgan fingerprint density at radius 1 is 1.20 bits per heavy atom. The van der Waals surface area contributed by atoms with Gasteiger partial charge >= 0.3 is 5.97 Å². The lowest BCUT2D eigenvalue weighted by Gasteiger charge is -2.14. The summed E-state index contributed by atoms with van der Waals surface area (Å²) in [5.41, 5.74) is 1.17. The van der Waals surface area contributed by atoms with Gasteiger partial charge in [0, 0.05) is 18.7 Å². The molecule has 1 aliphatic rings. The van der Waals surface area contributed by atoms with Gasteiger partial charge in [-0.2, -0.15) is 0 Å². The molecule has 20 heavy (non-hydrogen) atoms. The van der Waals surface area contributed by atoms with E-state index < -0.39 is 0 Å². The molecular weight excluding hydrogens is 256 g/mol. The number of carbonyl (C=O) groups is 2. The van der Waals surface area contributed by atoms with Crippen molar-refractivity contribution in [1.82, 2.24) is 4.90 Å². The number of methoxy groups -OCH3 is 1. The highest BCUT2D eigenvalue weighted by Gasteiger charge is 2.13. The minimum absolute atomic E-state index is 0.00252. The highest BCUT2D eigenvalue weighted by Crippen LogP contribution is 2.12. The molecule has 0 spiro atoms. The fraction of sp³-hybridized carbons (Fsp3) is 0.467. The van der Waals surface area contributed by atoms with Gasteiger partial charge in [0.15, 0.2) is 0 Å². The van der Waals surface area contributed by atoms with Crippen molar-refractivity contribution in [2.45, 2.75) is 19.3 Å². The van der Waals surface area contributed by atoms with Crippen LogP contribution in [-0.2, 0) is 9.53 Å². The van der Waals surface area contributed by atoms with Gasteiger partial charge in [-0.3, -0.25) is 4.79 Å². The van der Waals surface area contributed by atoms with E-state index in [1.807, 2.05) is 0 Å². The van der Waals surface area contributed by atoms with E-state index in [4.69, 9.17) is 0 Å². The topological polar surface area (TPSA) is 58.6 Å². The van der Waals surface area contributed by atoms with Gasteiger partial charge in [0.1, 0.15) is 0 Å². The molecule has 2 rings (SSSR count). The Kier molecular flexibility index (Phi) is 5.12. The molecule has 1 heterocycles. The molecule has 5 heteroatoms. The standard InChI is InChI=1S/C15H20N2O3/c1-20-15(19)12-4-6-13(7-5-12)16-14(18)8-11-17-9-2-3-10-17/h4-7H,2-3,8-11H2,1H3,(H,16,18). The SMILES string of the molecule is COC(=O)c1ccc(NC(=O)CCN2CCCC2)cc1. The predicted molar refractivity (Wildman–Crippen MR) is 76.7 cm³/mol. The summed E-state index contributed by atoms with van der Waals surface area (Å²) in [5, 5.41) is 2.83. The third kappa shape index (κ3) is 4.06. The number of likely N-dealkylation sites (tertiary alicyclic amines) is 1. The second kappa shape index (κ2) is 7.05. The van der Waals surface area contributed by atoms with Crippen LogP contribution >= 0.6 is 0 Å². The van der Waals surface area contributed by atoms with Crippen LogP contribution in [0, 0.1) is 0 Å². The Morgan fingerprint density at radius 2 is 1.85 bits per heavy atom. The molecule has 1 aliphatic heterocycles. The number of nitrogens with zero attached hydrogens (tertiary/aromatic N) is 1. The Hall–Kier alpha value is -1.88. The maximum atomic E-state index is 11.8. The quantitative estimate of drug-likeness (QED) is 0.834. The third-order valence-corrected chi connectivity index (χ3v) is 3.44. The number of hydrogen-bond acceptors (Lipinski definition) is 4. The van der Waals surface area contributed by atoms with Crippen LogP contribution in [-0.4, -0.2) is 43.5 Å². The summed E-state index contributed by atoms with van der Waals surface area (Å²) >= 11 is 0. The third-order valence-electron chi connectivity index (χ3n) is 3.44. The summed E-state index contributed by atoms with van der Waals surface area (Å²) < 4.78 is 4.62. The summed E-state index contributed by atoms with van der Waals surface area (Å²) in [5.74, 6) is -0.375. The van der Waals surface area contributed by atoms with Gasteiger partial charge in [0.25, 0.3) is 0 Å². The zero-order chi connectivity index (χ0) is 14.4. The van der Waals surface area contributed by atoms with Crippen LogP contribution in [0.1, 0.15) is 29.6 Å². The summed E-state index contributed by atoms with van der Waals surface area (Å²) in [6, 6.07) is 6.70. The number of esters is 1. The Labute approximate surface area is 118 Å². The monoisotopic (exact) mass is 276 g/mol. The number of ether oxygens (including phenoxy) is 1. The van der Waals surface area contributed by atoms with E-state index in [-0.39, 0.29) is 11.9 Å². The van der Waals surface area contributed by atoms with Crippen LogP contribution < -0.4 is 5.32 Å². The van der Waals surface area contributed by atoms with Gasteiger partial charge in [-0.05, 0) is 50.2 Å². The molecule has 1 fully saturated rings. The van der Waals surface area contributed by atoms with Crippen LogP contribution in [0.3, 0.4) is 0 Å². The second-order valence-electron chi connectivity index (χ2n) is 4.92. The minimum atomic E-state index is -0.378. The van der Waals surface area contributed by atoms with Gasteiger partial charge in [-0.15, -0.1) is 0 Å². The molecule has 1 aromatic carbocycles.